The van der Waals surface area contributed by atoms with Crippen LogP contribution in [0.5, 0.6) is 0 Å². The molecule has 0 aliphatic carbocycles. The van der Waals surface area contributed by atoms with Crippen LogP contribution in [0.4, 0.5) is 0 Å². The molecule has 0 aliphatic heterocycles. The van der Waals surface area contributed by atoms with Gasteiger partial charge in [0.15, 0.2) is 0 Å². The molecule has 0 saturated carbocycles. The van der Waals surface area contributed by atoms with Gasteiger partial charge in [0.05, 0.1) is 0 Å². The number of hydrogen-bond acceptors (Lipinski definition) is 2. The van der Waals surface area contributed by atoms with E-state index in [0.717, 1.165) is 6.42 Å². The first kappa shape index (κ1) is 15.2. The van der Waals surface area contributed by atoms with E-state index >= 15 is 0 Å². The summed E-state index contributed by atoms with van der Waals surface area (Å²) in [6, 6.07) is 8.99. The SMILES string of the molecule is CC(C)c1ccc(CC(N)C(C)(C)N(C)C)cc1. The van der Waals surface area contributed by atoms with Gasteiger partial charge in [-0.1, -0.05) is 38.1 Å². The van der Waals surface area contributed by atoms with Crippen molar-refractivity contribution in [1.82, 2.24) is 4.90 Å². The number of hydrogen-bond donors (Lipinski definition) is 1. The molecule has 2 heteroatoms. The minimum absolute atomic E-state index is 0.0106. The Morgan fingerprint density at radius 1 is 1.11 bits per heavy atom. The van der Waals surface area contributed by atoms with Crippen LogP contribution < -0.4 is 5.73 Å². The molecule has 2 N–H and O–H groups in total. The molecular weight excluding hydrogens is 220 g/mol. The van der Waals surface area contributed by atoms with Gasteiger partial charge in [-0.15, -0.1) is 0 Å². The third kappa shape index (κ3) is 3.56. The predicted molar refractivity (Wildman–Crippen MR) is 80.0 cm³/mol. The molecule has 0 spiro atoms. The lowest BCUT2D eigenvalue weighted by atomic mass is 9.88. The molecule has 1 aromatic rings. The number of nitrogens with zero attached hydrogens (tertiary/aromatic N) is 1. The third-order valence-corrected chi connectivity index (χ3v) is 4.16. The summed E-state index contributed by atoms with van der Waals surface area (Å²) < 4.78 is 0. The monoisotopic (exact) mass is 248 g/mol. The highest BCUT2D eigenvalue weighted by atomic mass is 15.2. The summed E-state index contributed by atoms with van der Waals surface area (Å²) >= 11 is 0. The van der Waals surface area contributed by atoms with E-state index in [2.05, 4.69) is 71.0 Å². The Bertz CT molecular complexity index is 363. The summed E-state index contributed by atoms with van der Waals surface area (Å²) in [7, 11) is 4.17. The molecule has 1 rings (SSSR count). The molecule has 102 valence electrons. The van der Waals surface area contributed by atoms with E-state index in [4.69, 9.17) is 5.73 Å². The Hall–Kier alpha value is -0.860. The molecule has 1 aromatic carbocycles. The van der Waals surface area contributed by atoms with Crippen molar-refractivity contribution in [2.75, 3.05) is 14.1 Å². The zero-order valence-electron chi connectivity index (χ0n) is 12.7. The molecule has 1 atom stereocenters. The number of nitrogens with two attached hydrogens (primary N) is 1. The molecule has 2 nitrogen and oxygen atoms in total. The maximum Gasteiger partial charge on any atom is 0.0301 e. The van der Waals surface area contributed by atoms with Crippen LogP contribution in [-0.4, -0.2) is 30.6 Å². The van der Waals surface area contributed by atoms with Gasteiger partial charge in [-0.05, 0) is 51.4 Å². The van der Waals surface area contributed by atoms with Gasteiger partial charge in [0.2, 0.25) is 0 Å². The highest BCUT2D eigenvalue weighted by molar-refractivity contribution is 5.25. The van der Waals surface area contributed by atoms with Crippen LogP contribution in [0, 0.1) is 0 Å². The minimum Gasteiger partial charge on any atom is -0.326 e. The van der Waals surface area contributed by atoms with Gasteiger partial charge in [-0.25, -0.2) is 0 Å². The summed E-state index contributed by atoms with van der Waals surface area (Å²) in [6.45, 7) is 8.83. The zero-order chi connectivity index (χ0) is 13.9. The van der Waals surface area contributed by atoms with Crippen LogP contribution in [0.25, 0.3) is 0 Å². The van der Waals surface area contributed by atoms with E-state index in [1.165, 1.54) is 11.1 Å². The van der Waals surface area contributed by atoms with Crippen molar-refractivity contribution < 1.29 is 0 Å². The van der Waals surface area contributed by atoms with Gasteiger partial charge in [-0.3, -0.25) is 0 Å². The first-order valence-electron chi connectivity index (χ1n) is 6.77. The summed E-state index contributed by atoms with van der Waals surface area (Å²) in [5.74, 6) is 0.589. The van der Waals surface area contributed by atoms with Crippen LogP contribution in [0.3, 0.4) is 0 Å². The van der Waals surface area contributed by atoms with E-state index in [9.17, 15) is 0 Å². The Labute approximate surface area is 112 Å². The quantitative estimate of drug-likeness (QED) is 0.868. The highest BCUT2D eigenvalue weighted by Gasteiger charge is 2.28. The Kier molecular flexibility index (Phi) is 4.94. The first-order chi connectivity index (χ1) is 8.25. The largest absolute Gasteiger partial charge is 0.326 e. The molecule has 0 saturated heterocycles. The van der Waals surface area contributed by atoms with Gasteiger partial charge < -0.3 is 10.6 Å². The van der Waals surface area contributed by atoms with Crippen LogP contribution >= 0.6 is 0 Å². The van der Waals surface area contributed by atoms with Crippen molar-refractivity contribution >= 4 is 0 Å². The molecular formula is C16H28N2. The van der Waals surface area contributed by atoms with Gasteiger partial charge in [0, 0.05) is 11.6 Å². The average molecular weight is 248 g/mol. The second kappa shape index (κ2) is 5.85. The van der Waals surface area contributed by atoms with Gasteiger partial charge in [0.1, 0.15) is 0 Å². The maximum atomic E-state index is 6.34. The minimum atomic E-state index is 0.0106. The summed E-state index contributed by atoms with van der Waals surface area (Å²) in [6.07, 6.45) is 0.920. The normalized spacial score (nSPS) is 14.3. The Morgan fingerprint density at radius 2 is 1.61 bits per heavy atom. The van der Waals surface area contributed by atoms with Gasteiger partial charge in [-0.2, -0.15) is 0 Å². The molecule has 18 heavy (non-hydrogen) atoms. The van der Waals surface area contributed by atoms with Crippen molar-refractivity contribution in [3.05, 3.63) is 35.4 Å². The lowest BCUT2D eigenvalue weighted by Gasteiger charge is -2.38. The van der Waals surface area contributed by atoms with Crippen molar-refractivity contribution in [2.45, 2.75) is 51.6 Å². The lowest BCUT2D eigenvalue weighted by Crippen LogP contribution is -2.54. The molecule has 0 radical (unpaired) electrons. The van der Waals surface area contributed by atoms with Gasteiger partial charge in [0.25, 0.3) is 0 Å². The summed E-state index contributed by atoms with van der Waals surface area (Å²) in [5.41, 5.74) is 9.06. The fourth-order valence-electron chi connectivity index (χ4n) is 1.87. The van der Waals surface area contributed by atoms with Gasteiger partial charge >= 0.3 is 0 Å². The first-order valence-corrected chi connectivity index (χ1v) is 6.77. The number of likely N-dealkylation sites (N-methyl/N-ethyl adjacent to an activating group) is 1. The number of rotatable bonds is 5. The van der Waals surface area contributed by atoms with Crippen molar-refractivity contribution in [3.8, 4) is 0 Å². The molecule has 1 unspecified atom stereocenters. The van der Waals surface area contributed by atoms with Crippen molar-refractivity contribution in [1.29, 1.82) is 0 Å². The van der Waals surface area contributed by atoms with E-state index < -0.39 is 0 Å². The molecule has 0 aromatic heterocycles. The van der Waals surface area contributed by atoms with Crippen molar-refractivity contribution in [3.63, 3.8) is 0 Å². The maximum absolute atomic E-state index is 6.34. The highest BCUT2D eigenvalue weighted by Crippen LogP contribution is 2.20. The van der Waals surface area contributed by atoms with Crippen LogP contribution in [0.2, 0.25) is 0 Å². The molecule has 0 heterocycles. The summed E-state index contributed by atoms with van der Waals surface area (Å²) in [5, 5.41) is 0. The third-order valence-electron chi connectivity index (χ3n) is 4.16. The fraction of sp³-hybridized carbons (Fsp3) is 0.625. The van der Waals surface area contributed by atoms with E-state index in [-0.39, 0.29) is 11.6 Å². The second-order valence-corrected chi connectivity index (χ2v) is 6.25. The average Bonchev–Trinajstić information content (AvgIpc) is 2.29. The second-order valence-electron chi connectivity index (χ2n) is 6.25. The van der Waals surface area contributed by atoms with Crippen LogP contribution in [0.15, 0.2) is 24.3 Å². The standard InChI is InChI=1S/C16H28N2/c1-12(2)14-9-7-13(8-10-14)11-15(17)16(3,4)18(5)6/h7-10,12,15H,11,17H2,1-6H3. The molecule has 0 amide bonds. The smallest absolute Gasteiger partial charge is 0.0301 e. The van der Waals surface area contributed by atoms with Crippen molar-refractivity contribution in [2.24, 2.45) is 5.73 Å². The van der Waals surface area contributed by atoms with Crippen LogP contribution in [-0.2, 0) is 6.42 Å². The lowest BCUT2D eigenvalue weighted by molar-refractivity contribution is 0.158. The molecule has 0 bridgehead atoms. The predicted octanol–water partition coefficient (Wildman–Crippen LogP) is 3.02. The number of benzene rings is 1. The fourth-order valence-corrected chi connectivity index (χ4v) is 1.87. The van der Waals surface area contributed by atoms with E-state index in [1.54, 1.807) is 0 Å². The van der Waals surface area contributed by atoms with E-state index in [0.29, 0.717) is 5.92 Å². The van der Waals surface area contributed by atoms with E-state index in [1.807, 2.05) is 0 Å². The Balaban J connectivity index is 2.73. The molecule has 0 fully saturated rings. The Morgan fingerprint density at radius 3 is 2.00 bits per heavy atom. The summed E-state index contributed by atoms with van der Waals surface area (Å²) in [4.78, 5) is 2.19. The zero-order valence-corrected chi connectivity index (χ0v) is 12.7. The van der Waals surface area contributed by atoms with Crippen LogP contribution in [0.1, 0.15) is 44.7 Å². The molecule has 0 aliphatic rings. The topological polar surface area (TPSA) is 29.3 Å².